The van der Waals surface area contributed by atoms with E-state index < -0.39 is 0 Å². The summed E-state index contributed by atoms with van der Waals surface area (Å²) in [5.74, 6) is 0.351. The number of carbonyl (C=O) groups excluding carboxylic acids is 2. The highest BCUT2D eigenvalue weighted by molar-refractivity contribution is 6.30. The molecule has 1 fully saturated rings. The molecule has 1 saturated heterocycles. The van der Waals surface area contributed by atoms with Crippen molar-refractivity contribution < 1.29 is 14.3 Å². The lowest BCUT2D eigenvalue weighted by molar-refractivity contribution is -0.129. The minimum atomic E-state index is -0.313. The first-order valence-corrected chi connectivity index (χ1v) is 9.36. The van der Waals surface area contributed by atoms with E-state index in [0.717, 1.165) is 23.3 Å². The zero-order valence-electron chi connectivity index (χ0n) is 15.3. The van der Waals surface area contributed by atoms with Crippen LogP contribution in [-0.2, 0) is 22.6 Å². The van der Waals surface area contributed by atoms with Gasteiger partial charge in [0.15, 0.2) is 0 Å². The van der Waals surface area contributed by atoms with Crippen LogP contribution in [0.4, 0.5) is 0 Å². The highest BCUT2D eigenvalue weighted by atomic mass is 35.5. The molecule has 3 rings (SSSR count). The van der Waals surface area contributed by atoms with Crippen LogP contribution in [0.3, 0.4) is 0 Å². The van der Waals surface area contributed by atoms with Gasteiger partial charge >= 0.3 is 0 Å². The SMILES string of the molecule is COc1ccccc1CNC(=O)C1CC(=O)N(CCc2cccc(Cl)c2)C1. The molecular formula is C21H23ClN2O3. The van der Waals surface area contributed by atoms with Crippen molar-refractivity contribution in [2.45, 2.75) is 19.4 Å². The van der Waals surface area contributed by atoms with Gasteiger partial charge in [-0.15, -0.1) is 0 Å². The molecule has 0 aromatic heterocycles. The normalized spacial score (nSPS) is 16.4. The molecule has 1 atom stereocenters. The number of nitrogens with zero attached hydrogens (tertiary/aromatic N) is 1. The van der Waals surface area contributed by atoms with Crippen LogP contribution in [0.25, 0.3) is 0 Å². The average molecular weight is 387 g/mol. The topological polar surface area (TPSA) is 58.6 Å². The number of carbonyl (C=O) groups is 2. The van der Waals surface area contributed by atoms with Crippen molar-refractivity contribution in [2.24, 2.45) is 5.92 Å². The van der Waals surface area contributed by atoms with Crippen molar-refractivity contribution in [3.8, 4) is 5.75 Å². The predicted molar refractivity (Wildman–Crippen MR) is 105 cm³/mol. The van der Waals surface area contributed by atoms with Gasteiger partial charge in [-0.1, -0.05) is 41.9 Å². The Morgan fingerprint density at radius 2 is 2.07 bits per heavy atom. The van der Waals surface area contributed by atoms with E-state index in [4.69, 9.17) is 16.3 Å². The summed E-state index contributed by atoms with van der Waals surface area (Å²) in [6, 6.07) is 15.2. The molecule has 142 valence electrons. The van der Waals surface area contributed by atoms with E-state index in [1.807, 2.05) is 48.5 Å². The third-order valence-corrected chi connectivity index (χ3v) is 5.03. The van der Waals surface area contributed by atoms with Crippen LogP contribution in [-0.4, -0.2) is 36.9 Å². The lowest BCUT2D eigenvalue weighted by atomic mass is 10.1. The molecule has 2 amide bonds. The summed E-state index contributed by atoms with van der Waals surface area (Å²) in [7, 11) is 1.61. The number of nitrogens with one attached hydrogen (secondary N) is 1. The van der Waals surface area contributed by atoms with E-state index in [9.17, 15) is 9.59 Å². The largest absolute Gasteiger partial charge is 0.496 e. The fourth-order valence-electron chi connectivity index (χ4n) is 3.30. The Morgan fingerprint density at radius 1 is 1.26 bits per heavy atom. The number of hydrogen-bond acceptors (Lipinski definition) is 3. The lowest BCUT2D eigenvalue weighted by Gasteiger charge is -2.17. The Bertz CT molecular complexity index is 825. The Morgan fingerprint density at radius 3 is 2.85 bits per heavy atom. The number of para-hydroxylation sites is 1. The molecule has 0 aliphatic carbocycles. The van der Waals surface area contributed by atoms with Crippen LogP contribution in [0.2, 0.25) is 5.02 Å². The summed E-state index contributed by atoms with van der Waals surface area (Å²) < 4.78 is 5.30. The maximum atomic E-state index is 12.5. The summed E-state index contributed by atoms with van der Waals surface area (Å²) in [6.07, 6.45) is 0.981. The maximum Gasteiger partial charge on any atom is 0.225 e. The van der Waals surface area contributed by atoms with Crippen molar-refractivity contribution in [1.29, 1.82) is 0 Å². The lowest BCUT2D eigenvalue weighted by Crippen LogP contribution is -2.33. The first kappa shape index (κ1) is 19.2. The average Bonchev–Trinajstić information content (AvgIpc) is 3.05. The van der Waals surface area contributed by atoms with Gasteiger partial charge in [-0.05, 0) is 30.2 Å². The number of likely N-dealkylation sites (tertiary alicyclic amines) is 1. The monoisotopic (exact) mass is 386 g/mol. The molecule has 0 spiro atoms. The Hall–Kier alpha value is -2.53. The van der Waals surface area contributed by atoms with Gasteiger partial charge in [-0.3, -0.25) is 9.59 Å². The van der Waals surface area contributed by atoms with Crippen molar-refractivity contribution >= 4 is 23.4 Å². The summed E-state index contributed by atoms with van der Waals surface area (Å²) in [5, 5.41) is 3.61. The second-order valence-corrected chi connectivity index (χ2v) is 7.09. The number of hydrogen-bond donors (Lipinski definition) is 1. The van der Waals surface area contributed by atoms with Crippen molar-refractivity contribution in [3.63, 3.8) is 0 Å². The second kappa shape index (κ2) is 8.91. The number of amides is 2. The number of methoxy groups -OCH3 is 1. The van der Waals surface area contributed by atoms with Crippen LogP contribution >= 0.6 is 11.6 Å². The molecule has 27 heavy (non-hydrogen) atoms. The molecule has 1 heterocycles. The number of rotatable bonds is 7. The Kier molecular flexibility index (Phi) is 6.35. The molecular weight excluding hydrogens is 364 g/mol. The van der Waals surface area contributed by atoms with Gasteiger partial charge in [-0.2, -0.15) is 0 Å². The molecule has 0 radical (unpaired) electrons. The van der Waals surface area contributed by atoms with E-state index in [1.165, 1.54) is 0 Å². The number of ether oxygens (including phenoxy) is 1. The molecule has 1 unspecified atom stereocenters. The van der Waals surface area contributed by atoms with Gasteiger partial charge in [0.25, 0.3) is 0 Å². The minimum absolute atomic E-state index is 0.0227. The Balaban J connectivity index is 1.51. The first-order valence-electron chi connectivity index (χ1n) is 8.98. The molecule has 1 aliphatic heterocycles. The van der Waals surface area contributed by atoms with Crippen molar-refractivity contribution in [2.75, 3.05) is 20.2 Å². The smallest absolute Gasteiger partial charge is 0.225 e. The van der Waals surface area contributed by atoms with Crippen LogP contribution in [0, 0.1) is 5.92 Å². The van der Waals surface area contributed by atoms with Gasteiger partial charge in [-0.25, -0.2) is 0 Å². The summed E-state index contributed by atoms with van der Waals surface area (Å²) >= 11 is 6.00. The molecule has 5 nitrogen and oxygen atoms in total. The fourth-order valence-corrected chi connectivity index (χ4v) is 3.51. The van der Waals surface area contributed by atoms with E-state index in [0.29, 0.717) is 24.7 Å². The second-order valence-electron chi connectivity index (χ2n) is 6.65. The molecule has 6 heteroatoms. The van der Waals surface area contributed by atoms with Gasteiger partial charge in [0.1, 0.15) is 5.75 Å². The van der Waals surface area contributed by atoms with E-state index >= 15 is 0 Å². The number of benzene rings is 2. The van der Waals surface area contributed by atoms with Crippen molar-refractivity contribution in [3.05, 3.63) is 64.7 Å². The summed E-state index contributed by atoms with van der Waals surface area (Å²) in [6.45, 7) is 1.43. The third kappa shape index (κ3) is 5.01. The van der Waals surface area contributed by atoms with Gasteiger partial charge in [0.2, 0.25) is 11.8 Å². The van der Waals surface area contributed by atoms with E-state index in [2.05, 4.69) is 5.32 Å². The molecule has 1 aliphatic rings. The zero-order chi connectivity index (χ0) is 19.2. The fraction of sp³-hybridized carbons (Fsp3) is 0.333. The van der Waals surface area contributed by atoms with Gasteiger partial charge in [0, 0.05) is 36.6 Å². The molecule has 2 aromatic rings. The van der Waals surface area contributed by atoms with Crippen LogP contribution in [0.15, 0.2) is 48.5 Å². The maximum absolute atomic E-state index is 12.5. The Labute approximate surface area is 164 Å². The molecule has 0 saturated carbocycles. The molecule has 1 N–H and O–H groups in total. The van der Waals surface area contributed by atoms with Crippen LogP contribution in [0.1, 0.15) is 17.5 Å². The first-order chi connectivity index (χ1) is 13.1. The van der Waals surface area contributed by atoms with Crippen molar-refractivity contribution in [1.82, 2.24) is 10.2 Å². The van der Waals surface area contributed by atoms with Gasteiger partial charge < -0.3 is 15.0 Å². The predicted octanol–water partition coefficient (Wildman–Crippen LogP) is 3.06. The third-order valence-electron chi connectivity index (χ3n) is 4.79. The summed E-state index contributed by atoms with van der Waals surface area (Å²) in [4.78, 5) is 26.5. The summed E-state index contributed by atoms with van der Waals surface area (Å²) in [5.41, 5.74) is 2.00. The van der Waals surface area contributed by atoms with E-state index in [1.54, 1.807) is 12.0 Å². The van der Waals surface area contributed by atoms with Crippen LogP contribution < -0.4 is 10.1 Å². The van der Waals surface area contributed by atoms with Crippen LogP contribution in [0.5, 0.6) is 5.75 Å². The minimum Gasteiger partial charge on any atom is -0.496 e. The van der Waals surface area contributed by atoms with E-state index in [-0.39, 0.29) is 24.2 Å². The quantitative estimate of drug-likeness (QED) is 0.795. The van der Waals surface area contributed by atoms with Gasteiger partial charge in [0.05, 0.1) is 13.0 Å². The molecule has 0 bridgehead atoms. The standard InChI is InChI=1S/C21H23ClN2O3/c1-27-19-8-3-2-6-16(19)13-23-21(26)17-12-20(25)24(14-17)10-9-15-5-4-7-18(22)11-15/h2-8,11,17H,9-10,12-14H2,1H3,(H,23,26). The zero-order valence-corrected chi connectivity index (χ0v) is 16.0. The highest BCUT2D eigenvalue weighted by Crippen LogP contribution is 2.21. The number of halogens is 1. The molecule has 2 aromatic carbocycles. The highest BCUT2D eigenvalue weighted by Gasteiger charge is 2.33.